The monoisotopic (exact) mass is 549 g/mol. The second-order valence-corrected chi connectivity index (χ2v) is 10.3. The summed E-state index contributed by atoms with van der Waals surface area (Å²) in [7, 11) is 1.30. The lowest BCUT2D eigenvalue weighted by atomic mass is 10.0. The van der Waals surface area contributed by atoms with E-state index in [0.717, 1.165) is 19.3 Å². The lowest BCUT2D eigenvalue weighted by Gasteiger charge is -2.18. The summed E-state index contributed by atoms with van der Waals surface area (Å²) >= 11 is 0. The standard InChI is InChI=1S/C30H47NO8/c1-8-20(4)15-27(32)37-14-13-31-24(30(35)36-7)18-23-11-12-25(38-28(33)16-21(5)9-2)26(19-23)39-29(34)17-22(6)10-3/h11-12,19-22,24,31H,8-10,13-18H2,1-7H3/t20?,21?,22?,24-/m0/s1. The van der Waals surface area contributed by atoms with Crippen LogP contribution in [0.5, 0.6) is 11.5 Å². The van der Waals surface area contributed by atoms with Crippen molar-refractivity contribution in [1.29, 1.82) is 0 Å². The first kappa shape index (κ1) is 34.1. The van der Waals surface area contributed by atoms with Crippen molar-refractivity contribution in [2.45, 2.75) is 92.5 Å². The van der Waals surface area contributed by atoms with E-state index in [2.05, 4.69) is 5.32 Å². The highest BCUT2D eigenvalue weighted by molar-refractivity contribution is 5.77. The van der Waals surface area contributed by atoms with Gasteiger partial charge in [0.05, 0.1) is 7.11 Å². The van der Waals surface area contributed by atoms with Crippen molar-refractivity contribution in [3.05, 3.63) is 23.8 Å². The summed E-state index contributed by atoms with van der Waals surface area (Å²) in [6.45, 7) is 12.3. The van der Waals surface area contributed by atoms with E-state index in [-0.39, 0.29) is 67.6 Å². The molecule has 9 heteroatoms. The van der Waals surface area contributed by atoms with Crippen LogP contribution >= 0.6 is 0 Å². The summed E-state index contributed by atoms with van der Waals surface area (Å²) in [6.07, 6.45) is 3.59. The van der Waals surface area contributed by atoms with E-state index in [9.17, 15) is 19.2 Å². The van der Waals surface area contributed by atoms with Crippen LogP contribution in [0.25, 0.3) is 0 Å². The molecule has 3 unspecified atom stereocenters. The SMILES string of the molecule is CCC(C)CC(=O)OCCN[C@@H](Cc1ccc(OC(=O)CC(C)CC)c(OC(=O)CC(C)CC)c1)C(=O)OC. The zero-order valence-electron chi connectivity index (χ0n) is 24.7. The zero-order valence-corrected chi connectivity index (χ0v) is 24.7. The first-order valence-electron chi connectivity index (χ1n) is 14.0. The Morgan fingerprint density at radius 3 is 1.79 bits per heavy atom. The topological polar surface area (TPSA) is 117 Å². The first-order chi connectivity index (χ1) is 18.5. The maximum absolute atomic E-state index is 12.6. The fourth-order valence-electron chi connectivity index (χ4n) is 3.53. The molecule has 39 heavy (non-hydrogen) atoms. The Balaban J connectivity index is 3.00. The third-order valence-corrected chi connectivity index (χ3v) is 6.77. The molecule has 0 aliphatic carbocycles. The highest BCUT2D eigenvalue weighted by Gasteiger charge is 2.22. The van der Waals surface area contributed by atoms with Gasteiger partial charge in [0, 0.05) is 25.8 Å². The van der Waals surface area contributed by atoms with Gasteiger partial charge in [-0.1, -0.05) is 66.9 Å². The molecule has 0 radical (unpaired) electrons. The van der Waals surface area contributed by atoms with Crippen LogP contribution in [-0.4, -0.2) is 50.2 Å². The number of methoxy groups -OCH3 is 1. The van der Waals surface area contributed by atoms with Crippen LogP contribution < -0.4 is 14.8 Å². The van der Waals surface area contributed by atoms with Crippen molar-refractivity contribution >= 4 is 23.9 Å². The number of hydrogen-bond acceptors (Lipinski definition) is 9. The molecule has 1 N–H and O–H groups in total. The number of carbonyl (C=O) groups excluding carboxylic acids is 4. The zero-order chi connectivity index (χ0) is 29.4. The van der Waals surface area contributed by atoms with Gasteiger partial charge in [0.15, 0.2) is 11.5 Å². The number of benzene rings is 1. The molecule has 0 heterocycles. The Hall–Kier alpha value is -2.94. The second kappa shape index (κ2) is 18.4. The second-order valence-electron chi connectivity index (χ2n) is 10.3. The quantitative estimate of drug-likeness (QED) is 0.153. The van der Waals surface area contributed by atoms with Crippen LogP contribution in [0.2, 0.25) is 0 Å². The van der Waals surface area contributed by atoms with Crippen LogP contribution in [0.1, 0.15) is 85.6 Å². The van der Waals surface area contributed by atoms with Crippen molar-refractivity contribution in [2.24, 2.45) is 17.8 Å². The maximum Gasteiger partial charge on any atom is 0.323 e. The van der Waals surface area contributed by atoms with Crippen LogP contribution in [0.15, 0.2) is 18.2 Å². The molecule has 0 bridgehead atoms. The highest BCUT2D eigenvalue weighted by Crippen LogP contribution is 2.31. The molecule has 4 atom stereocenters. The predicted octanol–water partition coefficient (Wildman–Crippen LogP) is 5.02. The summed E-state index contributed by atoms with van der Waals surface area (Å²) < 4.78 is 21.4. The van der Waals surface area contributed by atoms with E-state index in [1.54, 1.807) is 18.2 Å². The minimum absolute atomic E-state index is 0.117. The molecule has 1 rings (SSSR count). The van der Waals surface area contributed by atoms with Crippen molar-refractivity contribution in [2.75, 3.05) is 20.3 Å². The highest BCUT2D eigenvalue weighted by atomic mass is 16.6. The smallest absolute Gasteiger partial charge is 0.323 e. The molecular formula is C30H47NO8. The van der Waals surface area contributed by atoms with E-state index in [0.29, 0.717) is 12.0 Å². The normalized spacial score (nSPS) is 14.0. The average Bonchev–Trinajstić information content (AvgIpc) is 2.90. The largest absolute Gasteiger partial charge is 0.468 e. The Kier molecular flexibility index (Phi) is 16.1. The summed E-state index contributed by atoms with van der Waals surface area (Å²) in [5.74, 6) is -0.766. The van der Waals surface area contributed by atoms with Crippen LogP contribution in [0.4, 0.5) is 0 Å². The van der Waals surface area contributed by atoms with Crippen molar-refractivity contribution in [3.8, 4) is 11.5 Å². The maximum atomic E-state index is 12.6. The van der Waals surface area contributed by atoms with Gasteiger partial charge in [-0.25, -0.2) is 0 Å². The molecular weight excluding hydrogens is 502 g/mol. The molecule has 1 aromatic carbocycles. The Morgan fingerprint density at radius 1 is 0.769 bits per heavy atom. The summed E-state index contributed by atoms with van der Waals surface area (Å²) in [6, 6.07) is 4.15. The Labute approximate surface area is 233 Å². The van der Waals surface area contributed by atoms with E-state index in [1.165, 1.54) is 7.11 Å². The van der Waals surface area contributed by atoms with Crippen molar-refractivity contribution in [1.82, 2.24) is 5.32 Å². The van der Waals surface area contributed by atoms with Gasteiger partial charge in [0.2, 0.25) is 0 Å². The van der Waals surface area contributed by atoms with Gasteiger partial charge in [0.25, 0.3) is 0 Å². The Bertz CT molecular complexity index is 932. The molecule has 1 aromatic rings. The summed E-state index contributed by atoms with van der Waals surface area (Å²) in [4.78, 5) is 49.3. The predicted molar refractivity (Wildman–Crippen MR) is 148 cm³/mol. The number of nitrogens with one attached hydrogen (secondary N) is 1. The fraction of sp³-hybridized carbons (Fsp3) is 0.667. The molecule has 0 aromatic heterocycles. The molecule has 0 saturated heterocycles. The number of esters is 4. The molecule has 0 aliphatic rings. The first-order valence-corrected chi connectivity index (χ1v) is 14.0. The minimum atomic E-state index is -0.731. The van der Waals surface area contributed by atoms with Gasteiger partial charge in [0.1, 0.15) is 12.6 Å². The van der Waals surface area contributed by atoms with Gasteiger partial charge in [-0.2, -0.15) is 0 Å². The fourth-order valence-corrected chi connectivity index (χ4v) is 3.53. The summed E-state index contributed by atoms with van der Waals surface area (Å²) in [5.41, 5.74) is 0.666. The third-order valence-electron chi connectivity index (χ3n) is 6.77. The van der Waals surface area contributed by atoms with Gasteiger partial charge in [-0.15, -0.1) is 0 Å². The average molecular weight is 550 g/mol. The van der Waals surface area contributed by atoms with E-state index in [1.807, 2.05) is 41.5 Å². The van der Waals surface area contributed by atoms with Gasteiger partial charge < -0.3 is 24.3 Å². The molecule has 0 saturated carbocycles. The number of ether oxygens (including phenoxy) is 4. The molecule has 0 spiro atoms. The minimum Gasteiger partial charge on any atom is -0.468 e. The van der Waals surface area contributed by atoms with Crippen molar-refractivity contribution in [3.63, 3.8) is 0 Å². The number of carbonyl (C=O) groups is 4. The summed E-state index contributed by atoms with van der Waals surface area (Å²) in [5, 5.41) is 3.07. The van der Waals surface area contributed by atoms with E-state index < -0.39 is 23.9 Å². The van der Waals surface area contributed by atoms with Crippen molar-refractivity contribution < 1.29 is 38.1 Å². The van der Waals surface area contributed by atoms with E-state index in [4.69, 9.17) is 18.9 Å². The molecule has 0 aliphatic heterocycles. The van der Waals surface area contributed by atoms with Gasteiger partial charge in [-0.3, -0.25) is 19.2 Å². The molecule has 0 amide bonds. The van der Waals surface area contributed by atoms with Crippen LogP contribution in [0, 0.1) is 17.8 Å². The van der Waals surface area contributed by atoms with Crippen LogP contribution in [0.3, 0.4) is 0 Å². The Morgan fingerprint density at radius 2 is 1.28 bits per heavy atom. The molecule has 9 nitrogen and oxygen atoms in total. The molecule has 0 fully saturated rings. The van der Waals surface area contributed by atoms with Gasteiger partial charge >= 0.3 is 23.9 Å². The lowest BCUT2D eigenvalue weighted by molar-refractivity contribution is -0.145. The lowest BCUT2D eigenvalue weighted by Crippen LogP contribution is -2.41. The van der Waals surface area contributed by atoms with Gasteiger partial charge in [-0.05, 0) is 41.9 Å². The third kappa shape index (κ3) is 13.6. The number of hydrogen-bond donors (Lipinski definition) is 1. The number of rotatable bonds is 18. The van der Waals surface area contributed by atoms with E-state index >= 15 is 0 Å². The molecule has 220 valence electrons. The van der Waals surface area contributed by atoms with Crippen LogP contribution in [-0.2, 0) is 35.1 Å².